The molecule has 2 nitrogen and oxygen atoms in total. The summed E-state index contributed by atoms with van der Waals surface area (Å²) in [7, 11) is 0. The van der Waals surface area contributed by atoms with E-state index in [2.05, 4.69) is 0 Å². The SMILES string of the molecule is CCc1c(N)c(Cl)cc(N(CC)Cc2ccccc2)c1C(F)(F)F. The third-order valence-corrected chi connectivity index (χ3v) is 4.29. The van der Waals surface area contributed by atoms with Gasteiger partial charge in [-0.25, -0.2) is 0 Å². The van der Waals surface area contributed by atoms with E-state index in [4.69, 9.17) is 17.3 Å². The van der Waals surface area contributed by atoms with Gasteiger partial charge in [0.25, 0.3) is 0 Å². The number of hydrogen-bond donors (Lipinski definition) is 1. The van der Waals surface area contributed by atoms with Crippen LogP contribution in [0, 0.1) is 0 Å². The van der Waals surface area contributed by atoms with Gasteiger partial charge in [0, 0.05) is 13.1 Å². The molecule has 0 atom stereocenters. The topological polar surface area (TPSA) is 29.3 Å². The number of halogens is 4. The molecule has 0 radical (unpaired) electrons. The van der Waals surface area contributed by atoms with Crippen LogP contribution >= 0.6 is 11.6 Å². The zero-order valence-electron chi connectivity index (χ0n) is 13.6. The molecule has 0 heterocycles. The molecule has 0 fully saturated rings. The Labute approximate surface area is 145 Å². The van der Waals surface area contributed by atoms with Crippen molar-refractivity contribution in [3.05, 3.63) is 58.1 Å². The Morgan fingerprint density at radius 3 is 2.25 bits per heavy atom. The van der Waals surface area contributed by atoms with Crippen LogP contribution in [0.25, 0.3) is 0 Å². The summed E-state index contributed by atoms with van der Waals surface area (Å²) >= 11 is 6.10. The Bertz CT molecular complexity index is 700. The lowest BCUT2D eigenvalue weighted by Crippen LogP contribution is -2.26. The lowest BCUT2D eigenvalue weighted by molar-refractivity contribution is -0.137. The normalized spacial score (nSPS) is 11.6. The van der Waals surface area contributed by atoms with Gasteiger partial charge in [0.15, 0.2) is 0 Å². The van der Waals surface area contributed by atoms with E-state index in [-0.39, 0.29) is 28.4 Å². The van der Waals surface area contributed by atoms with Crippen LogP contribution in [0.5, 0.6) is 0 Å². The number of alkyl halides is 3. The number of benzene rings is 2. The van der Waals surface area contributed by atoms with Crippen molar-refractivity contribution in [2.24, 2.45) is 0 Å². The Balaban J connectivity index is 2.60. The van der Waals surface area contributed by atoms with Crippen molar-refractivity contribution in [2.75, 3.05) is 17.2 Å². The first-order chi connectivity index (χ1) is 11.3. The van der Waals surface area contributed by atoms with E-state index in [0.717, 1.165) is 5.56 Å². The summed E-state index contributed by atoms with van der Waals surface area (Å²) in [6.07, 6.45) is -4.33. The van der Waals surface area contributed by atoms with Crippen LogP contribution in [0.2, 0.25) is 5.02 Å². The molecule has 2 aromatic rings. The molecule has 2 aromatic carbocycles. The fraction of sp³-hybridized carbons (Fsp3) is 0.333. The molecule has 130 valence electrons. The fourth-order valence-corrected chi connectivity index (χ4v) is 3.02. The van der Waals surface area contributed by atoms with Gasteiger partial charge in [0.05, 0.1) is 22.0 Å². The van der Waals surface area contributed by atoms with Crippen molar-refractivity contribution >= 4 is 23.0 Å². The molecule has 0 saturated heterocycles. The molecule has 0 amide bonds. The smallest absolute Gasteiger partial charge is 0.397 e. The second-order valence-corrected chi connectivity index (χ2v) is 5.90. The summed E-state index contributed by atoms with van der Waals surface area (Å²) < 4.78 is 41.2. The molecule has 2 N–H and O–H groups in total. The summed E-state index contributed by atoms with van der Waals surface area (Å²) in [6.45, 7) is 4.25. The van der Waals surface area contributed by atoms with Crippen LogP contribution in [0.4, 0.5) is 24.5 Å². The Morgan fingerprint density at radius 1 is 1.12 bits per heavy atom. The summed E-state index contributed by atoms with van der Waals surface area (Å²) in [5.41, 5.74) is 6.17. The van der Waals surface area contributed by atoms with Crippen LogP contribution in [0.15, 0.2) is 36.4 Å². The van der Waals surface area contributed by atoms with Crippen LogP contribution in [0.1, 0.15) is 30.5 Å². The van der Waals surface area contributed by atoms with E-state index in [0.29, 0.717) is 13.1 Å². The van der Waals surface area contributed by atoms with Crippen molar-refractivity contribution in [1.82, 2.24) is 0 Å². The van der Waals surface area contributed by atoms with Gasteiger partial charge >= 0.3 is 6.18 Å². The van der Waals surface area contributed by atoms with E-state index < -0.39 is 11.7 Å². The van der Waals surface area contributed by atoms with E-state index >= 15 is 0 Å². The van der Waals surface area contributed by atoms with Crippen molar-refractivity contribution < 1.29 is 13.2 Å². The first kappa shape index (κ1) is 18.5. The number of rotatable bonds is 5. The van der Waals surface area contributed by atoms with Gasteiger partial charge in [-0.05, 0) is 30.5 Å². The highest BCUT2D eigenvalue weighted by molar-refractivity contribution is 6.33. The standard InChI is InChI=1S/C18H20ClF3N2/c1-3-13-16(18(20,21)22)15(10-14(19)17(13)23)24(4-2)11-12-8-6-5-7-9-12/h5-10H,3-4,11,23H2,1-2H3. The zero-order valence-corrected chi connectivity index (χ0v) is 14.4. The number of nitrogens with two attached hydrogens (primary N) is 1. The summed E-state index contributed by atoms with van der Waals surface area (Å²) in [6, 6.07) is 10.7. The molecule has 0 spiro atoms. The fourth-order valence-electron chi connectivity index (χ4n) is 2.81. The lowest BCUT2D eigenvalue weighted by Gasteiger charge is -2.29. The average Bonchev–Trinajstić information content (AvgIpc) is 2.54. The van der Waals surface area contributed by atoms with Gasteiger partial charge in [-0.15, -0.1) is 0 Å². The molecule has 0 aliphatic rings. The van der Waals surface area contributed by atoms with E-state index in [1.165, 1.54) is 6.07 Å². The molecular formula is C18H20ClF3N2. The molecule has 0 aliphatic carbocycles. The Morgan fingerprint density at radius 2 is 1.75 bits per heavy atom. The second-order valence-electron chi connectivity index (χ2n) is 5.50. The predicted octanol–water partition coefficient (Wildman–Crippen LogP) is 5.53. The molecule has 0 saturated carbocycles. The molecule has 0 aromatic heterocycles. The summed E-state index contributed by atoms with van der Waals surface area (Å²) in [5, 5.41) is 0.154. The van der Waals surface area contributed by atoms with Gasteiger partial charge in [-0.1, -0.05) is 48.9 Å². The number of nitrogens with zero attached hydrogens (tertiary/aromatic N) is 1. The van der Waals surface area contributed by atoms with Gasteiger partial charge in [-0.2, -0.15) is 13.2 Å². The van der Waals surface area contributed by atoms with E-state index in [9.17, 15) is 13.2 Å². The lowest BCUT2D eigenvalue weighted by atomic mass is 9.99. The van der Waals surface area contributed by atoms with Gasteiger partial charge in [0.1, 0.15) is 0 Å². The zero-order chi connectivity index (χ0) is 17.9. The minimum Gasteiger partial charge on any atom is -0.397 e. The highest BCUT2D eigenvalue weighted by Crippen LogP contribution is 2.44. The molecule has 2 rings (SSSR count). The monoisotopic (exact) mass is 356 g/mol. The molecule has 0 aliphatic heterocycles. The first-order valence-electron chi connectivity index (χ1n) is 7.76. The Hall–Kier alpha value is -1.88. The van der Waals surface area contributed by atoms with Gasteiger partial charge < -0.3 is 10.6 Å². The van der Waals surface area contributed by atoms with Crippen molar-refractivity contribution in [3.8, 4) is 0 Å². The number of anilines is 2. The molecule has 0 unspecified atom stereocenters. The molecule has 0 bridgehead atoms. The van der Waals surface area contributed by atoms with Crippen molar-refractivity contribution in [1.29, 1.82) is 0 Å². The third-order valence-electron chi connectivity index (χ3n) is 3.98. The molecule has 24 heavy (non-hydrogen) atoms. The maximum atomic E-state index is 13.7. The molecule has 6 heteroatoms. The summed E-state index contributed by atoms with van der Waals surface area (Å²) in [5.74, 6) is 0. The number of nitrogen functional groups attached to an aromatic ring is 1. The largest absolute Gasteiger partial charge is 0.418 e. The van der Waals surface area contributed by atoms with Crippen LogP contribution in [-0.2, 0) is 19.1 Å². The van der Waals surface area contributed by atoms with E-state index in [1.807, 2.05) is 37.3 Å². The summed E-state index contributed by atoms with van der Waals surface area (Å²) in [4.78, 5) is 1.67. The van der Waals surface area contributed by atoms with Crippen molar-refractivity contribution in [2.45, 2.75) is 33.0 Å². The van der Waals surface area contributed by atoms with Crippen LogP contribution < -0.4 is 10.6 Å². The quantitative estimate of drug-likeness (QED) is 0.714. The minimum atomic E-state index is -4.50. The molecular weight excluding hydrogens is 337 g/mol. The highest BCUT2D eigenvalue weighted by atomic mass is 35.5. The van der Waals surface area contributed by atoms with Crippen LogP contribution in [-0.4, -0.2) is 6.54 Å². The maximum Gasteiger partial charge on any atom is 0.418 e. The minimum absolute atomic E-state index is 0.00556. The number of hydrogen-bond acceptors (Lipinski definition) is 2. The average molecular weight is 357 g/mol. The van der Waals surface area contributed by atoms with Gasteiger partial charge in [0.2, 0.25) is 0 Å². The highest BCUT2D eigenvalue weighted by Gasteiger charge is 2.38. The predicted molar refractivity (Wildman–Crippen MR) is 93.4 cm³/mol. The maximum absolute atomic E-state index is 13.7. The van der Waals surface area contributed by atoms with Crippen molar-refractivity contribution in [3.63, 3.8) is 0 Å². The first-order valence-corrected chi connectivity index (χ1v) is 8.14. The Kier molecular flexibility index (Phi) is 5.65. The second kappa shape index (κ2) is 7.34. The van der Waals surface area contributed by atoms with E-state index in [1.54, 1.807) is 11.8 Å². The van der Waals surface area contributed by atoms with Gasteiger partial charge in [-0.3, -0.25) is 0 Å². The third kappa shape index (κ3) is 3.78. The van der Waals surface area contributed by atoms with Crippen LogP contribution in [0.3, 0.4) is 0 Å².